The van der Waals surface area contributed by atoms with E-state index in [0.29, 0.717) is 16.1 Å². The second-order valence-electron chi connectivity index (χ2n) is 3.96. The molecule has 1 atom stereocenters. The van der Waals surface area contributed by atoms with Crippen LogP contribution in [0.3, 0.4) is 0 Å². The second kappa shape index (κ2) is 5.29. The molecule has 1 amide bonds. The predicted molar refractivity (Wildman–Crippen MR) is 71.9 cm³/mol. The van der Waals surface area contributed by atoms with Gasteiger partial charge in [0.05, 0.1) is 17.3 Å². The number of nitrogens with one attached hydrogen (secondary N) is 1. The standard InChI is InChI=1S/C13H14N2O2S/c1-8(16)10-5-3-4-6-11(10)15-13(17)12-7-14-9(2)18-12/h3-8,16H,1-2H3,(H,15,17). The van der Waals surface area contributed by atoms with Gasteiger partial charge in [0.15, 0.2) is 0 Å². The van der Waals surface area contributed by atoms with Gasteiger partial charge in [0.2, 0.25) is 0 Å². The van der Waals surface area contributed by atoms with Crippen LogP contribution in [0.2, 0.25) is 0 Å². The Morgan fingerprint density at radius 1 is 1.44 bits per heavy atom. The highest BCUT2D eigenvalue weighted by Crippen LogP contribution is 2.23. The number of aliphatic hydroxyl groups excluding tert-OH is 1. The van der Waals surface area contributed by atoms with Crippen LogP contribution in [0.5, 0.6) is 0 Å². The number of carbonyl (C=O) groups excluding carboxylic acids is 1. The van der Waals surface area contributed by atoms with Crippen LogP contribution < -0.4 is 5.32 Å². The Kier molecular flexibility index (Phi) is 3.74. The number of benzene rings is 1. The number of rotatable bonds is 3. The van der Waals surface area contributed by atoms with Gasteiger partial charge < -0.3 is 10.4 Å². The number of hydrogen-bond donors (Lipinski definition) is 2. The maximum atomic E-state index is 12.0. The molecule has 0 fully saturated rings. The Labute approximate surface area is 109 Å². The van der Waals surface area contributed by atoms with Crippen LogP contribution in [-0.2, 0) is 0 Å². The molecule has 94 valence electrons. The van der Waals surface area contributed by atoms with Crippen molar-refractivity contribution in [1.82, 2.24) is 4.98 Å². The molecule has 0 aliphatic heterocycles. The lowest BCUT2D eigenvalue weighted by atomic mass is 10.1. The molecule has 0 aliphatic rings. The lowest BCUT2D eigenvalue weighted by Crippen LogP contribution is -2.12. The van der Waals surface area contributed by atoms with Crippen molar-refractivity contribution in [3.05, 3.63) is 45.9 Å². The van der Waals surface area contributed by atoms with Gasteiger partial charge in [0, 0.05) is 11.3 Å². The van der Waals surface area contributed by atoms with Crippen molar-refractivity contribution < 1.29 is 9.90 Å². The third-order valence-corrected chi connectivity index (χ3v) is 3.42. The van der Waals surface area contributed by atoms with E-state index in [9.17, 15) is 9.90 Å². The van der Waals surface area contributed by atoms with Crippen LogP contribution in [-0.4, -0.2) is 16.0 Å². The average Bonchev–Trinajstić information content (AvgIpc) is 2.76. The minimum absolute atomic E-state index is 0.200. The van der Waals surface area contributed by atoms with Crippen LogP contribution in [0.1, 0.15) is 33.3 Å². The smallest absolute Gasteiger partial charge is 0.267 e. The summed E-state index contributed by atoms with van der Waals surface area (Å²) in [5, 5.41) is 13.3. The van der Waals surface area contributed by atoms with E-state index in [-0.39, 0.29) is 5.91 Å². The summed E-state index contributed by atoms with van der Waals surface area (Å²) in [6, 6.07) is 7.21. The summed E-state index contributed by atoms with van der Waals surface area (Å²) < 4.78 is 0. The summed E-state index contributed by atoms with van der Waals surface area (Å²) in [6.45, 7) is 3.52. The van der Waals surface area contributed by atoms with Gasteiger partial charge in [-0.25, -0.2) is 4.98 Å². The van der Waals surface area contributed by atoms with Gasteiger partial charge in [-0.3, -0.25) is 4.79 Å². The van der Waals surface area contributed by atoms with E-state index in [0.717, 1.165) is 5.01 Å². The molecule has 5 heteroatoms. The minimum Gasteiger partial charge on any atom is -0.389 e. The molecule has 1 aromatic carbocycles. The topological polar surface area (TPSA) is 62.2 Å². The van der Waals surface area contributed by atoms with Gasteiger partial charge in [-0.15, -0.1) is 11.3 Å². The molecule has 4 nitrogen and oxygen atoms in total. The van der Waals surface area contributed by atoms with Crippen LogP contribution >= 0.6 is 11.3 Å². The van der Waals surface area contributed by atoms with Crippen molar-refractivity contribution >= 4 is 22.9 Å². The molecule has 0 saturated heterocycles. The van der Waals surface area contributed by atoms with Gasteiger partial charge in [-0.05, 0) is 19.9 Å². The fraction of sp³-hybridized carbons (Fsp3) is 0.231. The van der Waals surface area contributed by atoms with Crippen molar-refractivity contribution in [2.24, 2.45) is 0 Å². The van der Waals surface area contributed by atoms with E-state index in [1.807, 2.05) is 19.1 Å². The average molecular weight is 262 g/mol. The van der Waals surface area contributed by atoms with Crippen LogP contribution in [0.15, 0.2) is 30.5 Å². The molecule has 2 aromatic rings. The number of aliphatic hydroxyl groups is 1. The second-order valence-corrected chi connectivity index (χ2v) is 5.20. The van der Waals surface area contributed by atoms with Gasteiger partial charge in [0.25, 0.3) is 5.91 Å². The monoisotopic (exact) mass is 262 g/mol. The number of para-hydroxylation sites is 1. The summed E-state index contributed by atoms with van der Waals surface area (Å²) in [5.41, 5.74) is 1.33. The number of aryl methyl sites for hydroxylation is 1. The predicted octanol–water partition coefficient (Wildman–Crippen LogP) is 2.76. The first kappa shape index (κ1) is 12.7. The zero-order chi connectivity index (χ0) is 13.1. The van der Waals surface area contributed by atoms with E-state index >= 15 is 0 Å². The first-order valence-electron chi connectivity index (χ1n) is 5.58. The zero-order valence-corrected chi connectivity index (χ0v) is 11.0. The maximum Gasteiger partial charge on any atom is 0.267 e. The number of hydrogen-bond acceptors (Lipinski definition) is 4. The van der Waals surface area contributed by atoms with E-state index in [2.05, 4.69) is 10.3 Å². The lowest BCUT2D eigenvalue weighted by Gasteiger charge is -2.12. The fourth-order valence-electron chi connectivity index (χ4n) is 1.63. The summed E-state index contributed by atoms with van der Waals surface area (Å²) in [7, 11) is 0. The molecule has 2 rings (SSSR count). The maximum absolute atomic E-state index is 12.0. The fourth-order valence-corrected chi connectivity index (χ4v) is 2.30. The number of thiazole rings is 1. The number of anilines is 1. The van der Waals surface area contributed by atoms with Gasteiger partial charge >= 0.3 is 0 Å². The van der Waals surface area contributed by atoms with E-state index < -0.39 is 6.10 Å². The lowest BCUT2D eigenvalue weighted by molar-refractivity contribution is 0.103. The molecule has 0 bridgehead atoms. The molecular weight excluding hydrogens is 248 g/mol. The molecule has 0 aliphatic carbocycles. The Balaban J connectivity index is 2.22. The van der Waals surface area contributed by atoms with Crippen molar-refractivity contribution in [2.75, 3.05) is 5.32 Å². The molecule has 1 heterocycles. The normalized spacial score (nSPS) is 12.2. The third kappa shape index (κ3) is 2.75. The van der Waals surface area contributed by atoms with E-state index in [1.165, 1.54) is 11.3 Å². The van der Waals surface area contributed by atoms with Gasteiger partial charge in [0.1, 0.15) is 4.88 Å². The molecule has 1 aromatic heterocycles. The molecule has 0 radical (unpaired) electrons. The minimum atomic E-state index is -0.621. The first-order chi connectivity index (χ1) is 8.58. The molecular formula is C13H14N2O2S. The highest BCUT2D eigenvalue weighted by Gasteiger charge is 2.13. The molecule has 0 saturated carbocycles. The van der Waals surface area contributed by atoms with E-state index in [1.54, 1.807) is 25.3 Å². The Morgan fingerprint density at radius 2 is 2.17 bits per heavy atom. The molecule has 18 heavy (non-hydrogen) atoms. The van der Waals surface area contributed by atoms with Crippen molar-refractivity contribution in [3.8, 4) is 0 Å². The molecule has 0 spiro atoms. The number of nitrogens with zero attached hydrogens (tertiary/aromatic N) is 1. The summed E-state index contributed by atoms with van der Waals surface area (Å²) >= 11 is 1.34. The van der Waals surface area contributed by atoms with Crippen LogP contribution in [0.4, 0.5) is 5.69 Å². The quantitative estimate of drug-likeness (QED) is 0.894. The zero-order valence-electron chi connectivity index (χ0n) is 10.2. The van der Waals surface area contributed by atoms with Crippen molar-refractivity contribution in [1.29, 1.82) is 0 Å². The Morgan fingerprint density at radius 3 is 2.78 bits per heavy atom. The van der Waals surface area contributed by atoms with Gasteiger partial charge in [-0.2, -0.15) is 0 Å². The largest absolute Gasteiger partial charge is 0.389 e. The number of amides is 1. The molecule has 2 N–H and O–H groups in total. The SMILES string of the molecule is Cc1ncc(C(=O)Nc2ccccc2C(C)O)s1. The highest BCUT2D eigenvalue weighted by molar-refractivity contribution is 7.13. The van der Waals surface area contributed by atoms with Crippen LogP contribution in [0.25, 0.3) is 0 Å². The number of carbonyl (C=O) groups is 1. The summed E-state index contributed by atoms with van der Waals surface area (Å²) in [5.74, 6) is -0.200. The Hall–Kier alpha value is -1.72. The highest BCUT2D eigenvalue weighted by atomic mass is 32.1. The first-order valence-corrected chi connectivity index (χ1v) is 6.40. The molecule has 1 unspecified atom stereocenters. The van der Waals surface area contributed by atoms with Gasteiger partial charge in [-0.1, -0.05) is 18.2 Å². The number of aromatic nitrogens is 1. The van der Waals surface area contributed by atoms with Crippen LogP contribution in [0, 0.1) is 6.92 Å². The van der Waals surface area contributed by atoms with Crippen molar-refractivity contribution in [3.63, 3.8) is 0 Å². The summed E-state index contributed by atoms with van der Waals surface area (Å²) in [4.78, 5) is 16.6. The summed E-state index contributed by atoms with van der Waals surface area (Å²) in [6.07, 6.45) is 0.935. The third-order valence-electron chi connectivity index (χ3n) is 2.50. The Bertz CT molecular complexity index is 564. The van der Waals surface area contributed by atoms with E-state index in [4.69, 9.17) is 0 Å². The van der Waals surface area contributed by atoms with Crippen molar-refractivity contribution in [2.45, 2.75) is 20.0 Å².